The van der Waals surface area contributed by atoms with Crippen LogP contribution in [-0.4, -0.2) is 41.3 Å². The van der Waals surface area contributed by atoms with Crippen molar-refractivity contribution in [2.24, 2.45) is 0 Å². The van der Waals surface area contributed by atoms with Crippen LogP contribution >= 0.6 is 11.3 Å². The molecule has 7 heteroatoms. The molecule has 0 bridgehead atoms. The molecule has 1 fully saturated rings. The van der Waals surface area contributed by atoms with Crippen molar-refractivity contribution >= 4 is 28.9 Å². The molecule has 3 rings (SSSR count). The second-order valence-electron chi connectivity index (χ2n) is 8.58. The lowest BCUT2D eigenvalue weighted by atomic mass is 10.0. The van der Waals surface area contributed by atoms with Crippen molar-refractivity contribution in [2.75, 3.05) is 18.1 Å². The number of amides is 1. The van der Waals surface area contributed by atoms with E-state index in [2.05, 4.69) is 6.92 Å². The zero-order valence-electron chi connectivity index (χ0n) is 19.4. The van der Waals surface area contributed by atoms with Crippen molar-refractivity contribution in [1.82, 2.24) is 0 Å². The van der Waals surface area contributed by atoms with Gasteiger partial charge in [0.25, 0.3) is 0 Å². The number of esters is 1. The van der Waals surface area contributed by atoms with Gasteiger partial charge in [0.2, 0.25) is 5.91 Å². The van der Waals surface area contributed by atoms with E-state index in [0.717, 1.165) is 67.5 Å². The molecule has 1 saturated heterocycles. The fourth-order valence-electron chi connectivity index (χ4n) is 4.33. The first-order valence-electron chi connectivity index (χ1n) is 12.0. The zero-order valence-corrected chi connectivity index (χ0v) is 20.2. The summed E-state index contributed by atoms with van der Waals surface area (Å²) in [6.45, 7) is 1.98. The molecule has 0 spiro atoms. The Labute approximate surface area is 200 Å². The molecule has 1 aromatic heterocycles. The highest BCUT2D eigenvalue weighted by atomic mass is 32.1. The average Bonchev–Trinajstić information content (AvgIpc) is 3.44. The first kappa shape index (κ1) is 25.4. The van der Waals surface area contributed by atoms with Crippen LogP contribution in [0, 0.1) is 0 Å². The Morgan fingerprint density at radius 3 is 2.70 bits per heavy atom. The number of carbonyl (C=O) groups is 2. The molecule has 1 amide bonds. The van der Waals surface area contributed by atoms with Crippen LogP contribution in [0.15, 0.2) is 36.4 Å². The van der Waals surface area contributed by atoms with Crippen LogP contribution in [0.1, 0.15) is 84.5 Å². The molecule has 2 atom stereocenters. The van der Waals surface area contributed by atoms with Gasteiger partial charge in [0.15, 0.2) is 0 Å². The van der Waals surface area contributed by atoms with E-state index in [1.165, 1.54) is 11.3 Å². The minimum atomic E-state index is -0.452. The number of aliphatic hydroxyl groups excluding tert-OH is 2. The Kier molecular flexibility index (Phi) is 9.91. The Morgan fingerprint density at radius 1 is 1.18 bits per heavy atom. The highest BCUT2D eigenvalue weighted by Crippen LogP contribution is 2.31. The summed E-state index contributed by atoms with van der Waals surface area (Å²) in [4.78, 5) is 28.0. The van der Waals surface area contributed by atoms with Gasteiger partial charge in [0.1, 0.15) is 11.5 Å². The van der Waals surface area contributed by atoms with E-state index in [-0.39, 0.29) is 25.2 Å². The molecule has 1 aliphatic rings. The Balaban J connectivity index is 1.53. The number of anilines is 1. The summed E-state index contributed by atoms with van der Waals surface area (Å²) in [5, 5.41) is 19.2. The molecule has 2 heterocycles. The maximum Gasteiger partial charge on any atom is 0.348 e. The Hall–Kier alpha value is -2.22. The van der Waals surface area contributed by atoms with E-state index in [1.54, 1.807) is 6.07 Å². The first-order valence-corrected chi connectivity index (χ1v) is 12.8. The minimum Gasteiger partial charge on any atom is -0.459 e. The molecule has 2 unspecified atom stereocenters. The molecule has 0 radical (unpaired) electrons. The lowest BCUT2D eigenvalue weighted by Crippen LogP contribution is -2.32. The third-order valence-corrected chi connectivity index (χ3v) is 7.24. The van der Waals surface area contributed by atoms with Gasteiger partial charge < -0.3 is 19.8 Å². The number of nitrogens with zero attached hydrogens (tertiary/aromatic N) is 1. The monoisotopic (exact) mass is 473 g/mol. The SMILES string of the molecule is CCCCCC(O)c1ccc(N2C(=O)CCC2CCCc2ccc(C(=O)OCCO)s2)cc1. The van der Waals surface area contributed by atoms with Gasteiger partial charge in [0.05, 0.1) is 12.7 Å². The molecule has 2 N–H and O–H groups in total. The quantitative estimate of drug-likeness (QED) is 0.315. The van der Waals surface area contributed by atoms with Gasteiger partial charge in [-0.3, -0.25) is 4.79 Å². The van der Waals surface area contributed by atoms with Gasteiger partial charge in [-0.15, -0.1) is 11.3 Å². The highest BCUT2D eigenvalue weighted by Gasteiger charge is 2.31. The van der Waals surface area contributed by atoms with Gasteiger partial charge in [-0.25, -0.2) is 4.79 Å². The van der Waals surface area contributed by atoms with E-state index < -0.39 is 12.1 Å². The molecular formula is C26H35NO5S. The van der Waals surface area contributed by atoms with Gasteiger partial charge in [-0.2, -0.15) is 0 Å². The molecule has 33 heavy (non-hydrogen) atoms. The van der Waals surface area contributed by atoms with Crippen molar-refractivity contribution in [3.05, 3.63) is 51.7 Å². The molecule has 6 nitrogen and oxygen atoms in total. The van der Waals surface area contributed by atoms with Crippen molar-refractivity contribution < 1.29 is 24.5 Å². The van der Waals surface area contributed by atoms with E-state index in [1.807, 2.05) is 35.2 Å². The van der Waals surface area contributed by atoms with Crippen LogP contribution < -0.4 is 4.90 Å². The highest BCUT2D eigenvalue weighted by molar-refractivity contribution is 7.13. The normalized spacial score (nSPS) is 16.9. The summed E-state index contributed by atoms with van der Waals surface area (Å²) in [5.74, 6) is -0.243. The maximum atomic E-state index is 12.6. The number of thiophene rings is 1. The maximum absolute atomic E-state index is 12.6. The Bertz CT molecular complexity index is 894. The summed E-state index contributed by atoms with van der Waals surface area (Å²) in [6, 6.07) is 11.7. The number of ether oxygens (including phenoxy) is 1. The van der Waals surface area contributed by atoms with E-state index in [0.29, 0.717) is 11.3 Å². The van der Waals surface area contributed by atoms with Gasteiger partial charge >= 0.3 is 5.97 Å². The molecule has 180 valence electrons. The summed E-state index contributed by atoms with van der Waals surface area (Å²) in [5.41, 5.74) is 1.81. The number of rotatable bonds is 13. The lowest BCUT2D eigenvalue weighted by Gasteiger charge is -2.25. The predicted molar refractivity (Wildman–Crippen MR) is 131 cm³/mol. The van der Waals surface area contributed by atoms with E-state index >= 15 is 0 Å². The summed E-state index contributed by atoms with van der Waals surface area (Å²) >= 11 is 1.42. The van der Waals surface area contributed by atoms with Gasteiger partial charge in [0, 0.05) is 23.0 Å². The molecule has 0 saturated carbocycles. The Morgan fingerprint density at radius 2 is 1.97 bits per heavy atom. The van der Waals surface area contributed by atoms with Crippen LogP contribution in [0.25, 0.3) is 0 Å². The number of unbranched alkanes of at least 4 members (excludes halogenated alkanes) is 2. The number of aryl methyl sites for hydroxylation is 1. The smallest absolute Gasteiger partial charge is 0.348 e. The number of hydrogen-bond donors (Lipinski definition) is 2. The fourth-order valence-corrected chi connectivity index (χ4v) is 5.27. The van der Waals surface area contributed by atoms with Crippen molar-refractivity contribution in [2.45, 2.75) is 76.9 Å². The summed E-state index contributed by atoms with van der Waals surface area (Å²) in [7, 11) is 0. The largest absolute Gasteiger partial charge is 0.459 e. The lowest BCUT2D eigenvalue weighted by molar-refractivity contribution is -0.117. The van der Waals surface area contributed by atoms with Crippen LogP contribution in [0.5, 0.6) is 0 Å². The minimum absolute atomic E-state index is 0.0103. The van der Waals surface area contributed by atoms with E-state index in [9.17, 15) is 14.7 Å². The van der Waals surface area contributed by atoms with Gasteiger partial charge in [-0.05, 0) is 61.9 Å². The fraction of sp³-hybridized carbons (Fsp3) is 0.538. The second-order valence-corrected chi connectivity index (χ2v) is 9.75. The molecule has 1 aromatic carbocycles. The average molecular weight is 474 g/mol. The third-order valence-electron chi connectivity index (χ3n) is 6.11. The van der Waals surface area contributed by atoms with Crippen molar-refractivity contribution in [1.29, 1.82) is 0 Å². The zero-order chi connectivity index (χ0) is 23.6. The standard InChI is InChI=1S/C26H35NO5S/c1-2-3-4-8-23(29)19-9-11-21(12-10-19)27-20(13-16-25(27)30)6-5-7-22-14-15-24(33-22)26(31)32-18-17-28/h9-12,14-15,20,23,28-29H,2-8,13,16-18H2,1H3. The predicted octanol–water partition coefficient (Wildman–Crippen LogP) is 5.03. The molecular weight excluding hydrogens is 438 g/mol. The summed E-state index contributed by atoms with van der Waals surface area (Å²) in [6.07, 6.45) is 7.67. The van der Waals surface area contributed by atoms with E-state index in [4.69, 9.17) is 9.84 Å². The number of hydrogen-bond acceptors (Lipinski definition) is 6. The second kappa shape index (κ2) is 12.9. The van der Waals surface area contributed by atoms with Crippen LogP contribution in [-0.2, 0) is 16.0 Å². The van der Waals surface area contributed by atoms with Crippen molar-refractivity contribution in [3.63, 3.8) is 0 Å². The first-order chi connectivity index (χ1) is 16.0. The number of aliphatic hydroxyl groups is 2. The molecule has 1 aliphatic heterocycles. The van der Waals surface area contributed by atoms with Crippen LogP contribution in [0.4, 0.5) is 5.69 Å². The van der Waals surface area contributed by atoms with Gasteiger partial charge in [-0.1, -0.05) is 38.3 Å². The van der Waals surface area contributed by atoms with Crippen molar-refractivity contribution in [3.8, 4) is 0 Å². The topological polar surface area (TPSA) is 87.1 Å². The molecule has 0 aliphatic carbocycles. The summed E-state index contributed by atoms with van der Waals surface area (Å²) < 4.78 is 4.96. The van der Waals surface area contributed by atoms with Crippen LogP contribution in [0.3, 0.4) is 0 Å². The number of benzene rings is 1. The number of carbonyl (C=O) groups excluding carboxylic acids is 2. The third kappa shape index (κ3) is 7.13. The van der Waals surface area contributed by atoms with Crippen LogP contribution in [0.2, 0.25) is 0 Å². The molecule has 2 aromatic rings.